The minimum absolute atomic E-state index is 0.00513. The Labute approximate surface area is 180 Å². The maximum atomic E-state index is 12.9. The second-order valence-corrected chi connectivity index (χ2v) is 8.35. The van der Waals surface area contributed by atoms with E-state index in [4.69, 9.17) is 11.6 Å². The Kier molecular flexibility index (Phi) is 6.04. The van der Waals surface area contributed by atoms with Crippen LogP contribution in [-0.4, -0.2) is 39.8 Å². The first-order valence-electron chi connectivity index (χ1n) is 10.3. The number of aromatic amines is 1. The van der Waals surface area contributed by atoms with Crippen molar-refractivity contribution in [3.8, 4) is 0 Å². The van der Waals surface area contributed by atoms with E-state index in [-0.39, 0.29) is 23.7 Å². The highest BCUT2D eigenvalue weighted by molar-refractivity contribution is 6.31. The fourth-order valence-corrected chi connectivity index (χ4v) is 4.24. The molecule has 1 saturated heterocycles. The molecule has 2 N–H and O–H groups in total. The van der Waals surface area contributed by atoms with Gasteiger partial charge in [-0.25, -0.2) is 0 Å². The molecule has 6 nitrogen and oxygen atoms in total. The van der Waals surface area contributed by atoms with Crippen LogP contribution in [-0.2, 0) is 11.3 Å². The lowest BCUT2D eigenvalue weighted by Crippen LogP contribution is -2.42. The quantitative estimate of drug-likeness (QED) is 0.649. The van der Waals surface area contributed by atoms with E-state index in [0.29, 0.717) is 30.4 Å². The molecule has 0 radical (unpaired) electrons. The molecule has 0 spiro atoms. The predicted molar refractivity (Wildman–Crippen MR) is 117 cm³/mol. The monoisotopic (exact) mass is 424 g/mol. The molecule has 3 aromatic rings. The van der Waals surface area contributed by atoms with E-state index in [9.17, 15) is 9.59 Å². The van der Waals surface area contributed by atoms with Gasteiger partial charge in [-0.2, -0.15) is 0 Å². The van der Waals surface area contributed by atoms with E-state index in [0.717, 1.165) is 29.3 Å². The van der Waals surface area contributed by atoms with Gasteiger partial charge < -0.3 is 15.2 Å². The normalized spacial score (nSPS) is 15.9. The number of H-pyrrole nitrogens is 1. The van der Waals surface area contributed by atoms with E-state index in [1.165, 1.54) is 0 Å². The number of nitrogens with zero attached hydrogens (tertiary/aromatic N) is 2. The molecule has 0 saturated carbocycles. The number of likely N-dealkylation sites (tertiary alicyclic amines) is 1. The Hall–Kier alpha value is -2.86. The van der Waals surface area contributed by atoms with Gasteiger partial charge >= 0.3 is 0 Å². The number of carbonyl (C=O) groups excluding carboxylic acids is 2. The number of nitrogens with one attached hydrogen (secondary N) is 2. The number of fused-ring (bicyclic) bond motifs is 1. The van der Waals surface area contributed by atoms with Crippen LogP contribution in [0, 0.1) is 11.8 Å². The summed E-state index contributed by atoms with van der Waals surface area (Å²) in [6.07, 6.45) is 5.11. The van der Waals surface area contributed by atoms with Crippen LogP contribution in [0.15, 0.2) is 48.8 Å². The lowest BCUT2D eigenvalue weighted by molar-refractivity contribution is -0.126. The van der Waals surface area contributed by atoms with Gasteiger partial charge in [-0.1, -0.05) is 24.6 Å². The van der Waals surface area contributed by atoms with E-state index >= 15 is 0 Å². The average Bonchev–Trinajstić information content (AvgIpc) is 3.20. The molecule has 1 aromatic carbocycles. The number of piperidine rings is 1. The molecule has 0 unspecified atom stereocenters. The minimum Gasteiger partial charge on any atom is -0.352 e. The van der Waals surface area contributed by atoms with E-state index in [1.807, 2.05) is 42.2 Å². The summed E-state index contributed by atoms with van der Waals surface area (Å²) in [6, 6.07) is 11.2. The average molecular weight is 425 g/mol. The second-order valence-electron chi connectivity index (χ2n) is 7.91. The summed E-state index contributed by atoms with van der Waals surface area (Å²) in [6.45, 7) is 3.76. The number of halogens is 1. The number of rotatable bonds is 5. The van der Waals surface area contributed by atoms with Crippen LogP contribution in [0.5, 0.6) is 0 Å². The van der Waals surface area contributed by atoms with Gasteiger partial charge in [0.05, 0.1) is 0 Å². The summed E-state index contributed by atoms with van der Waals surface area (Å²) in [4.78, 5) is 34.6. The molecule has 2 aromatic heterocycles. The second kappa shape index (κ2) is 8.88. The largest absolute Gasteiger partial charge is 0.352 e. The van der Waals surface area contributed by atoms with Gasteiger partial charge in [-0.05, 0) is 54.7 Å². The van der Waals surface area contributed by atoms with Gasteiger partial charge in [0.15, 0.2) is 0 Å². The molecule has 1 aliphatic heterocycles. The molecule has 30 heavy (non-hydrogen) atoms. The molecule has 0 bridgehead atoms. The Balaban J connectivity index is 1.31. The summed E-state index contributed by atoms with van der Waals surface area (Å²) in [7, 11) is 0. The molecule has 2 amide bonds. The van der Waals surface area contributed by atoms with Crippen LogP contribution in [0.25, 0.3) is 10.9 Å². The summed E-state index contributed by atoms with van der Waals surface area (Å²) in [5.41, 5.74) is 2.46. The smallest absolute Gasteiger partial charge is 0.270 e. The van der Waals surface area contributed by atoms with Gasteiger partial charge in [-0.3, -0.25) is 14.6 Å². The van der Waals surface area contributed by atoms with Crippen LogP contribution >= 0.6 is 11.6 Å². The molecule has 7 heteroatoms. The summed E-state index contributed by atoms with van der Waals surface area (Å²) in [5.74, 6) is 0.226. The first-order chi connectivity index (χ1) is 14.5. The molecular formula is C23H25ClN4O2. The lowest BCUT2D eigenvalue weighted by Gasteiger charge is -2.34. The van der Waals surface area contributed by atoms with E-state index in [1.54, 1.807) is 18.5 Å². The van der Waals surface area contributed by atoms with Crippen molar-refractivity contribution in [1.82, 2.24) is 20.2 Å². The fourth-order valence-electron chi connectivity index (χ4n) is 4.06. The molecule has 156 valence electrons. The third-order valence-corrected chi connectivity index (χ3v) is 6.19. The van der Waals surface area contributed by atoms with Gasteiger partial charge in [0, 0.05) is 53.9 Å². The Morgan fingerprint density at radius 1 is 1.27 bits per heavy atom. The Morgan fingerprint density at radius 2 is 2.07 bits per heavy atom. The van der Waals surface area contributed by atoms with Crippen LogP contribution < -0.4 is 5.32 Å². The number of carbonyl (C=O) groups is 2. The summed E-state index contributed by atoms with van der Waals surface area (Å²) < 4.78 is 0. The highest BCUT2D eigenvalue weighted by Crippen LogP contribution is 2.27. The van der Waals surface area contributed by atoms with Crippen molar-refractivity contribution >= 4 is 34.3 Å². The minimum atomic E-state index is -0.0888. The van der Waals surface area contributed by atoms with Crippen molar-refractivity contribution < 1.29 is 9.59 Å². The van der Waals surface area contributed by atoms with Gasteiger partial charge in [0.1, 0.15) is 5.69 Å². The first kappa shape index (κ1) is 20.4. The number of hydrogen-bond acceptors (Lipinski definition) is 3. The number of aromatic nitrogens is 2. The summed E-state index contributed by atoms with van der Waals surface area (Å²) >= 11 is 6.04. The van der Waals surface area contributed by atoms with Gasteiger partial charge in [0.25, 0.3) is 5.91 Å². The molecule has 0 aliphatic carbocycles. The number of benzene rings is 1. The molecule has 3 heterocycles. The molecular weight excluding hydrogens is 400 g/mol. The number of hydrogen-bond donors (Lipinski definition) is 2. The van der Waals surface area contributed by atoms with Crippen LogP contribution in [0.3, 0.4) is 0 Å². The van der Waals surface area contributed by atoms with Crippen molar-refractivity contribution in [2.24, 2.45) is 11.8 Å². The predicted octanol–water partition coefficient (Wildman–Crippen LogP) is 4.02. The SMILES string of the molecule is C[C@H](C(=O)NCc1cccnc1)C1CCN(C(=O)c2cc3cc(Cl)ccc3[nH]2)CC1. The van der Waals surface area contributed by atoms with Crippen molar-refractivity contribution in [2.45, 2.75) is 26.3 Å². The van der Waals surface area contributed by atoms with Gasteiger partial charge in [-0.15, -0.1) is 0 Å². The Bertz CT molecular complexity index is 1040. The third-order valence-electron chi connectivity index (χ3n) is 5.95. The van der Waals surface area contributed by atoms with Crippen molar-refractivity contribution in [3.05, 3.63) is 65.1 Å². The van der Waals surface area contributed by atoms with Crippen molar-refractivity contribution in [1.29, 1.82) is 0 Å². The Morgan fingerprint density at radius 3 is 2.80 bits per heavy atom. The topological polar surface area (TPSA) is 78.1 Å². The van der Waals surface area contributed by atoms with E-state index < -0.39 is 0 Å². The highest BCUT2D eigenvalue weighted by atomic mass is 35.5. The number of pyridine rings is 1. The van der Waals surface area contributed by atoms with Crippen molar-refractivity contribution in [2.75, 3.05) is 13.1 Å². The molecule has 1 fully saturated rings. The zero-order chi connectivity index (χ0) is 21.1. The zero-order valence-electron chi connectivity index (χ0n) is 16.9. The maximum absolute atomic E-state index is 12.9. The van der Waals surface area contributed by atoms with Gasteiger partial charge in [0.2, 0.25) is 5.91 Å². The highest BCUT2D eigenvalue weighted by Gasteiger charge is 2.30. The van der Waals surface area contributed by atoms with E-state index in [2.05, 4.69) is 15.3 Å². The lowest BCUT2D eigenvalue weighted by atomic mass is 9.84. The molecule has 1 atom stereocenters. The maximum Gasteiger partial charge on any atom is 0.270 e. The first-order valence-corrected chi connectivity index (χ1v) is 10.6. The zero-order valence-corrected chi connectivity index (χ0v) is 17.7. The van der Waals surface area contributed by atoms with Crippen LogP contribution in [0.2, 0.25) is 5.02 Å². The molecule has 4 rings (SSSR count). The van der Waals surface area contributed by atoms with Crippen LogP contribution in [0.1, 0.15) is 35.8 Å². The summed E-state index contributed by atoms with van der Waals surface area (Å²) in [5, 5.41) is 4.58. The van der Waals surface area contributed by atoms with Crippen LogP contribution in [0.4, 0.5) is 0 Å². The number of amides is 2. The fraction of sp³-hybridized carbons (Fsp3) is 0.348. The standard InChI is InChI=1S/C23H25ClN4O2/c1-15(22(29)26-14-16-3-2-8-25-13-16)17-6-9-28(10-7-17)23(30)21-12-18-11-19(24)4-5-20(18)27-21/h2-5,8,11-13,15,17,27H,6-7,9-10,14H2,1H3,(H,26,29)/t15-/m0/s1. The van der Waals surface area contributed by atoms with Crippen molar-refractivity contribution in [3.63, 3.8) is 0 Å². The third kappa shape index (κ3) is 4.49. The molecule has 1 aliphatic rings.